The summed E-state index contributed by atoms with van der Waals surface area (Å²) in [5, 5.41) is 6.75. The number of aromatic nitrogens is 5. The van der Waals surface area contributed by atoms with Crippen LogP contribution in [0.25, 0.3) is 17.0 Å². The van der Waals surface area contributed by atoms with E-state index in [-0.39, 0.29) is 5.82 Å². The molecule has 8 nitrogen and oxygen atoms in total. The molecule has 0 atom stereocenters. The second-order valence-electron chi connectivity index (χ2n) is 6.46. The van der Waals surface area contributed by atoms with Gasteiger partial charge in [0.2, 0.25) is 5.88 Å². The third-order valence-electron chi connectivity index (χ3n) is 4.38. The smallest absolute Gasteiger partial charge is 0.433 e. The molecule has 0 spiro atoms. The van der Waals surface area contributed by atoms with Gasteiger partial charge in [0.05, 0.1) is 11.2 Å². The van der Waals surface area contributed by atoms with Gasteiger partial charge in [-0.1, -0.05) is 6.58 Å². The molecule has 0 aliphatic heterocycles. The van der Waals surface area contributed by atoms with Crippen LogP contribution in [0.2, 0.25) is 0 Å². The number of nitrogens with one attached hydrogen (secondary N) is 1. The Morgan fingerprint density at radius 1 is 1.19 bits per heavy atom. The highest BCUT2D eigenvalue weighted by molar-refractivity contribution is 5.98. The normalized spacial score (nSPS) is 11.5. The van der Waals surface area contributed by atoms with Crippen LogP contribution in [0.1, 0.15) is 11.4 Å². The van der Waals surface area contributed by atoms with Crippen molar-refractivity contribution in [2.24, 2.45) is 7.05 Å². The van der Waals surface area contributed by atoms with Gasteiger partial charge in [-0.2, -0.15) is 18.3 Å². The van der Waals surface area contributed by atoms with Crippen molar-refractivity contribution in [1.82, 2.24) is 24.3 Å². The van der Waals surface area contributed by atoms with Crippen molar-refractivity contribution in [2.75, 3.05) is 5.32 Å². The second kappa shape index (κ2) is 7.59. The van der Waals surface area contributed by atoms with Crippen LogP contribution in [0.3, 0.4) is 0 Å². The number of alkyl halides is 3. The maximum Gasteiger partial charge on any atom is 0.433 e. The Labute approximate surface area is 173 Å². The number of nitrogens with zero attached hydrogens (tertiary/aromatic N) is 5. The lowest BCUT2D eigenvalue weighted by Crippen LogP contribution is -2.18. The first-order chi connectivity index (χ1) is 14.7. The van der Waals surface area contributed by atoms with Crippen molar-refractivity contribution in [2.45, 2.75) is 6.18 Å². The van der Waals surface area contributed by atoms with Gasteiger partial charge in [-0.05, 0) is 30.3 Å². The highest BCUT2D eigenvalue weighted by Gasteiger charge is 2.35. The third kappa shape index (κ3) is 4.10. The molecule has 0 unspecified atom stereocenters. The van der Waals surface area contributed by atoms with Crippen molar-refractivity contribution >= 4 is 28.8 Å². The fourth-order valence-electron chi connectivity index (χ4n) is 2.97. The van der Waals surface area contributed by atoms with E-state index in [9.17, 15) is 18.0 Å². The van der Waals surface area contributed by atoms with Crippen LogP contribution in [0.15, 0.2) is 55.5 Å². The lowest BCUT2D eigenvalue weighted by molar-refractivity contribution is -0.143. The van der Waals surface area contributed by atoms with Gasteiger partial charge in [0.25, 0.3) is 0 Å². The minimum atomic E-state index is -4.57. The molecule has 3 heterocycles. The van der Waals surface area contributed by atoms with E-state index in [0.717, 1.165) is 13.1 Å². The Bertz CT molecular complexity index is 1290. The molecule has 0 fully saturated rings. The van der Waals surface area contributed by atoms with Crippen molar-refractivity contribution in [3.63, 3.8) is 0 Å². The minimum Gasteiger partial charge on any atom is -0.439 e. The van der Waals surface area contributed by atoms with E-state index in [1.165, 1.54) is 17.1 Å². The number of aryl methyl sites for hydroxylation is 1. The first kappa shape index (κ1) is 20.1. The highest BCUT2D eigenvalue weighted by atomic mass is 19.4. The van der Waals surface area contributed by atoms with Crippen molar-refractivity contribution < 1.29 is 22.7 Å². The Morgan fingerprint density at radius 2 is 2.00 bits per heavy atom. The number of hydrogen-bond donors (Lipinski definition) is 1. The standard InChI is InChI=1S/C20H15F3N6O2/c1-3-13-9-18(25-11-24-13)31-14-4-5-15-12(8-14)6-7-29(15)19(30)26-17-10-16(20(21,22)23)28(2)27-17/h3-11H,1H2,2H3,(H,26,27,30). The maximum atomic E-state index is 12.9. The van der Waals surface area contributed by atoms with Gasteiger partial charge in [-0.3, -0.25) is 14.6 Å². The van der Waals surface area contributed by atoms with E-state index < -0.39 is 17.9 Å². The van der Waals surface area contributed by atoms with Gasteiger partial charge in [0.15, 0.2) is 5.82 Å². The topological polar surface area (TPSA) is 86.9 Å². The SMILES string of the molecule is C=Cc1cc(Oc2ccc3c(ccn3C(=O)Nc3cc(C(F)(F)F)n(C)n3)c2)ncn1. The first-order valence-electron chi connectivity index (χ1n) is 8.90. The summed E-state index contributed by atoms with van der Waals surface area (Å²) < 4.78 is 46.4. The van der Waals surface area contributed by atoms with Gasteiger partial charge < -0.3 is 4.74 Å². The zero-order chi connectivity index (χ0) is 22.2. The van der Waals surface area contributed by atoms with E-state index in [0.29, 0.717) is 32.9 Å². The predicted octanol–water partition coefficient (Wildman–Crippen LogP) is 4.70. The molecule has 1 amide bonds. The minimum absolute atomic E-state index is 0.205. The fourth-order valence-corrected chi connectivity index (χ4v) is 2.97. The predicted molar refractivity (Wildman–Crippen MR) is 107 cm³/mol. The van der Waals surface area contributed by atoms with Crippen LogP contribution >= 0.6 is 0 Å². The summed E-state index contributed by atoms with van der Waals surface area (Å²) in [7, 11) is 1.15. The molecule has 0 saturated heterocycles. The number of amides is 1. The third-order valence-corrected chi connectivity index (χ3v) is 4.38. The number of anilines is 1. The van der Waals surface area contributed by atoms with Gasteiger partial charge in [-0.25, -0.2) is 14.8 Å². The zero-order valence-corrected chi connectivity index (χ0v) is 16.1. The van der Waals surface area contributed by atoms with Gasteiger partial charge in [-0.15, -0.1) is 0 Å². The van der Waals surface area contributed by atoms with Crippen LogP contribution in [-0.4, -0.2) is 30.3 Å². The van der Waals surface area contributed by atoms with Crippen molar-refractivity contribution in [3.05, 3.63) is 66.9 Å². The molecule has 4 aromatic rings. The molecule has 31 heavy (non-hydrogen) atoms. The van der Waals surface area contributed by atoms with E-state index in [4.69, 9.17) is 4.74 Å². The molecule has 0 bridgehead atoms. The molecule has 0 radical (unpaired) electrons. The number of rotatable bonds is 4. The summed E-state index contributed by atoms with van der Waals surface area (Å²) in [6, 6.07) is 8.42. The summed E-state index contributed by atoms with van der Waals surface area (Å²) >= 11 is 0. The monoisotopic (exact) mass is 428 g/mol. The molecular weight excluding hydrogens is 413 g/mol. The zero-order valence-electron chi connectivity index (χ0n) is 16.1. The molecular formula is C20H15F3N6O2. The summed E-state index contributed by atoms with van der Waals surface area (Å²) in [5.74, 6) is 0.611. The average Bonchev–Trinajstić information content (AvgIpc) is 3.31. The van der Waals surface area contributed by atoms with Crippen LogP contribution in [0.5, 0.6) is 11.6 Å². The Morgan fingerprint density at radius 3 is 2.71 bits per heavy atom. The van der Waals surface area contributed by atoms with Crippen molar-refractivity contribution in [1.29, 1.82) is 0 Å². The number of hydrogen-bond acceptors (Lipinski definition) is 5. The molecule has 0 saturated carbocycles. The van der Waals surface area contributed by atoms with Crippen LogP contribution in [-0.2, 0) is 13.2 Å². The number of carbonyl (C=O) groups is 1. The largest absolute Gasteiger partial charge is 0.439 e. The summed E-state index contributed by atoms with van der Waals surface area (Å²) in [6.45, 7) is 3.64. The van der Waals surface area contributed by atoms with Gasteiger partial charge in [0, 0.05) is 30.8 Å². The summed E-state index contributed by atoms with van der Waals surface area (Å²) in [4.78, 5) is 20.6. The lowest BCUT2D eigenvalue weighted by atomic mass is 10.2. The van der Waals surface area contributed by atoms with Crippen LogP contribution < -0.4 is 10.1 Å². The van der Waals surface area contributed by atoms with Crippen LogP contribution in [0, 0.1) is 0 Å². The second-order valence-corrected chi connectivity index (χ2v) is 6.46. The lowest BCUT2D eigenvalue weighted by Gasteiger charge is -2.07. The average molecular weight is 428 g/mol. The number of fused-ring (bicyclic) bond motifs is 1. The first-order valence-corrected chi connectivity index (χ1v) is 8.90. The number of ether oxygens (including phenoxy) is 1. The molecule has 1 N–H and O–H groups in total. The van der Waals surface area contributed by atoms with Crippen molar-refractivity contribution in [3.8, 4) is 11.6 Å². The number of halogens is 3. The molecule has 4 rings (SSSR count). The van der Waals surface area contributed by atoms with Crippen LogP contribution in [0.4, 0.5) is 23.8 Å². The molecule has 0 aliphatic rings. The van der Waals surface area contributed by atoms with Gasteiger partial charge in [0.1, 0.15) is 17.8 Å². The van der Waals surface area contributed by atoms with E-state index in [2.05, 4.69) is 27.0 Å². The molecule has 11 heteroatoms. The summed E-state index contributed by atoms with van der Waals surface area (Å²) in [5.41, 5.74) is 0.176. The fraction of sp³-hybridized carbons (Fsp3) is 0.100. The Balaban J connectivity index is 1.55. The van der Waals surface area contributed by atoms with E-state index in [1.807, 2.05) is 0 Å². The molecule has 1 aromatic carbocycles. The highest BCUT2D eigenvalue weighted by Crippen LogP contribution is 2.30. The van der Waals surface area contributed by atoms with Gasteiger partial charge >= 0.3 is 12.2 Å². The van der Waals surface area contributed by atoms with E-state index in [1.54, 1.807) is 36.4 Å². The molecule has 0 aliphatic carbocycles. The van der Waals surface area contributed by atoms with E-state index >= 15 is 0 Å². The Kier molecular flexibility index (Phi) is 4.93. The maximum absolute atomic E-state index is 12.9. The summed E-state index contributed by atoms with van der Waals surface area (Å²) in [6.07, 6.45) is -0.154. The number of benzene rings is 1. The number of carbonyl (C=O) groups excluding carboxylic acids is 1. The molecule has 3 aromatic heterocycles. The Hall–Kier alpha value is -4.15. The quantitative estimate of drug-likeness (QED) is 0.509. The molecule has 158 valence electrons.